The molecule has 0 saturated heterocycles. The highest BCUT2D eigenvalue weighted by Gasteiger charge is 2.30. The number of nitrogens with one attached hydrogen (secondary N) is 1. The van der Waals surface area contributed by atoms with Crippen LogP contribution in [0.15, 0.2) is 18.2 Å². The van der Waals surface area contributed by atoms with Gasteiger partial charge in [0.2, 0.25) is 0 Å². The van der Waals surface area contributed by atoms with Crippen LogP contribution in [0.1, 0.15) is 38.5 Å². The molecule has 4 nitrogen and oxygen atoms in total. The van der Waals surface area contributed by atoms with Crippen molar-refractivity contribution in [1.82, 2.24) is 0 Å². The van der Waals surface area contributed by atoms with Gasteiger partial charge in [0.25, 0.3) is 0 Å². The van der Waals surface area contributed by atoms with Crippen molar-refractivity contribution in [1.29, 1.82) is 0 Å². The van der Waals surface area contributed by atoms with Crippen LogP contribution in [-0.2, 0) is 9.53 Å². The average Bonchev–Trinajstić information content (AvgIpc) is 2.54. The molecule has 1 aromatic rings. The molecule has 1 aliphatic rings. The molecule has 0 heterocycles. The van der Waals surface area contributed by atoms with Crippen molar-refractivity contribution in [2.45, 2.75) is 44.6 Å². The number of halogens is 2. The molecular formula is C19H28Cl2NO3+. The third kappa shape index (κ3) is 7.04. The standard InChI is InChI=1S/C19H27Cl2NO3/c1-22(2)13-14-6-3-4-7-17(14)25-19(23)8-5-11-24-18-10-9-15(20)12-16(18)21/h9-10,12,14,17H,3-8,11,13H2,1-2H3/p+1/t14-,17-/m0/s1. The summed E-state index contributed by atoms with van der Waals surface area (Å²) in [5.41, 5.74) is 0. The number of quaternary nitrogens is 1. The van der Waals surface area contributed by atoms with Crippen LogP contribution >= 0.6 is 23.2 Å². The lowest BCUT2D eigenvalue weighted by Gasteiger charge is -2.31. The second-order valence-electron chi connectivity index (χ2n) is 7.01. The van der Waals surface area contributed by atoms with Crippen molar-refractivity contribution in [3.8, 4) is 5.75 Å². The summed E-state index contributed by atoms with van der Waals surface area (Å²) in [5, 5.41) is 1.05. The van der Waals surface area contributed by atoms with E-state index in [0.717, 1.165) is 25.8 Å². The molecule has 2 rings (SSSR count). The van der Waals surface area contributed by atoms with E-state index in [9.17, 15) is 4.79 Å². The van der Waals surface area contributed by atoms with Gasteiger partial charge < -0.3 is 14.4 Å². The maximum Gasteiger partial charge on any atom is 0.306 e. The minimum absolute atomic E-state index is 0.0720. The van der Waals surface area contributed by atoms with Gasteiger partial charge in [0.1, 0.15) is 11.9 Å². The van der Waals surface area contributed by atoms with Crippen LogP contribution < -0.4 is 9.64 Å². The number of hydrogen-bond donors (Lipinski definition) is 1. The summed E-state index contributed by atoms with van der Waals surface area (Å²) in [7, 11) is 4.29. The highest BCUT2D eigenvalue weighted by Crippen LogP contribution is 2.28. The van der Waals surface area contributed by atoms with Gasteiger partial charge in [-0.3, -0.25) is 4.79 Å². The van der Waals surface area contributed by atoms with Gasteiger partial charge in [-0.1, -0.05) is 29.6 Å². The Labute approximate surface area is 160 Å². The van der Waals surface area contributed by atoms with Gasteiger partial charge in [-0.25, -0.2) is 0 Å². The van der Waals surface area contributed by atoms with Crippen LogP contribution in [0.3, 0.4) is 0 Å². The van der Waals surface area contributed by atoms with Crippen molar-refractivity contribution < 1.29 is 19.2 Å². The van der Waals surface area contributed by atoms with Gasteiger partial charge in [-0.15, -0.1) is 0 Å². The summed E-state index contributed by atoms with van der Waals surface area (Å²) < 4.78 is 11.3. The Bertz CT molecular complexity index is 566. The van der Waals surface area contributed by atoms with Crippen LogP contribution in [0.2, 0.25) is 10.0 Å². The summed E-state index contributed by atoms with van der Waals surface area (Å²) >= 11 is 11.9. The molecule has 0 amide bonds. The highest BCUT2D eigenvalue weighted by molar-refractivity contribution is 6.35. The summed E-state index contributed by atoms with van der Waals surface area (Å²) in [4.78, 5) is 13.5. The Morgan fingerprint density at radius 2 is 2.00 bits per heavy atom. The normalized spacial score (nSPS) is 20.5. The molecule has 0 radical (unpaired) electrons. The van der Waals surface area contributed by atoms with E-state index in [-0.39, 0.29) is 12.1 Å². The lowest BCUT2D eigenvalue weighted by molar-refractivity contribution is -0.862. The average molecular weight is 389 g/mol. The van der Waals surface area contributed by atoms with Crippen LogP contribution in [0, 0.1) is 5.92 Å². The van der Waals surface area contributed by atoms with Gasteiger partial charge in [0, 0.05) is 17.4 Å². The van der Waals surface area contributed by atoms with Gasteiger partial charge >= 0.3 is 5.97 Å². The molecular weight excluding hydrogens is 361 g/mol. The summed E-state index contributed by atoms with van der Waals surface area (Å²) in [6.45, 7) is 1.47. The van der Waals surface area contributed by atoms with Crippen molar-refractivity contribution in [3.63, 3.8) is 0 Å². The zero-order valence-electron chi connectivity index (χ0n) is 15.0. The number of ether oxygens (including phenoxy) is 2. The highest BCUT2D eigenvalue weighted by atomic mass is 35.5. The van der Waals surface area contributed by atoms with Crippen LogP contribution in [0.4, 0.5) is 0 Å². The third-order valence-electron chi connectivity index (χ3n) is 4.47. The topological polar surface area (TPSA) is 40.0 Å². The van der Waals surface area contributed by atoms with Crippen molar-refractivity contribution in [3.05, 3.63) is 28.2 Å². The Morgan fingerprint density at radius 3 is 2.72 bits per heavy atom. The quantitative estimate of drug-likeness (QED) is 0.547. The van der Waals surface area contributed by atoms with Gasteiger partial charge in [-0.2, -0.15) is 0 Å². The second kappa shape index (κ2) is 10.2. The van der Waals surface area contributed by atoms with Crippen LogP contribution in [0.25, 0.3) is 0 Å². The molecule has 6 heteroatoms. The summed E-state index contributed by atoms with van der Waals surface area (Å²) in [5.74, 6) is 0.934. The molecule has 0 aromatic heterocycles. The predicted octanol–water partition coefficient (Wildman–Crippen LogP) is 3.40. The number of carbonyl (C=O) groups is 1. The van der Waals surface area contributed by atoms with Crippen molar-refractivity contribution >= 4 is 29.2 Å². The number of rotatable bonds is 8. The van der Waals surface area contributed by atoms with Crippen molar-refractivity contribution in [2.24, 2.45) is 5.92 Å². The zero-order valence-corrected chi connectivity index (χ0v) is 16.5. The minimum Gasteiger partial charge on any atom is -0.492 e. The fourth-order valence-corrected chi connectivity index (χ4v) is 3.77. The third-order valence-corrected chi connectivity index (χ3v) is 5.00. The SMILES string of the molecule is C[NH+](C)C[C@@H]1CCCC[C@@H]1OC(=O)CCCOc1ccc(Cl)cc1Cl. The number of carbonyl (C=O) groups excluding carboxylic acids is 1. The fraction of sp³-hybridized carbons (Fsp3) is 0.632. The molecule has 0 aliphatic heterocycles. The number of benzene rings is 1. The fourth-order valence-electron chi connectivity index (χ4n) is 3.31. The molecule has 0 bridgehead atoms. The smallest absolute Gasteiger partial charge is 0.306 e. The first-order chi connectivity index (χ1) is 12.0. The molecule has 2 atom stereocenters. The first kappa shape index (κ1) is 20.3. The largest absolute Gasteiger partial charge is 0.492 e. The molecule has 0 unspecified atom stereocenters. The predicted molar refractivity (Wildman–Crippen MR) is 101 cm³/mol. The molecule has 25 heavy (non-hydrogen) atoms. The first-order valence-corrected chi connectivity index (χ1v) is 9.77. The van der Waals surface area contributed by atoms with E-state index in [1.807, 2.05) is 0 Å². The van der Waals surface area contributed by atoms with Crippen LogP contribution in [-0.4, -0.2) is 39.3 Å². The van der Waals surface area contributed by atoms with Gasteiger partial charge in [0.15, 0.2) is 0 Å². The number of esters is 1. The zero-order chi connectivity index (χ0) is 18.2. The van der Waals surface area contributed by atoms with E-state index in [1.165, 1.54) is 11.3 Å². The van der Waals surface area contributed by atoms with E-state index >= 15 is 0 Å². The minimum atomic E-state index is -0.128. The molecule has 1 N–H and O–H groups in total. The molecule has 1 saturated carbocycles. The van der Waals surface area contributed by atoms with Gasteiger partial charge in [0.05, 0.1) is 32.3 Å². The number of hydrogen-bond acceptors (Lipinski definition) is 3. The monoisotopic (exact) mass is 388 g/mol. The van der Waals surface area contributed by atoms with E-state index in [0.29, 0.717) is 41.2 Å². The Kier molecular flexibility index (Phi) is 8.34. The van der Waals surface area contributed by atoms with E-state index in [4.69, 9.17) is 32.7 Å². The lowest BCUT2D eigenvalue weighted by atomic mass is 9.86. The summed E-state index contributed by atoms with van der Waals surface area (Å²) in [6.07, 6.45) is 5.57. The Morgan fingerprint density at radius 1 is 1.24 bits per heavy atom. The first-order valence-electron chi connectivity index (χ1n) is 9.02. The molecule has 1 aromatic carbocycles. The lowest BCUT2D eigenvalue weighted by Crippen LogP contribution is -3.06. The van der Waals surface area contributed by atoms with E-state index < -0.39 is 0 Å². The van der Waals surface area contributed by atoms with Crippen molar-refractivity contribution in [2.75, 3.05) is 27.2 Å². The maximum absolute atomic E-state index is 12.1. The second-order valence-corrected chi connectivity index (χ2v) is 7.85. The van der Waals surface area contributed by atoms with Gasteiger partial charge in [-0.05, 0) is 43.9 Å². The Hall–Kier alpha value is -0.970. The molecule has 1 aliphatic carbocycles. The van der Waals surface area contributed by atoms with E-state index in [2.05, 4.69) is 14.1 Å². The Balaban J connectivity index is 1.70. The molecule has 0 spiro atoms. The van der Waals surface area contributed by atoms with Crippen LogP contribution in [0.5, 0.6) is 5.75 Å². The molecule has 140 valence electrons. The van der Waals surface area contributed by atoms with E-state index in [1.54, 1.807) is 18.2 Å². The maximum atomic E-state index is 12.1. The molecule has 1 fully saturated rings. The summed E-state index contributed by atoms with van der Waals surface area (Å²) in [6, 6.07) is 5.11.